The van der Waals surface area contributed by atoms with Crippen molar-refractivity contribution in [1.29, 1.82) is 0 Å². The second kappa shape index (κ2) is 6.51. The summed E-state index contributed by atoms with van der Waals surface area (Å²) in [5, 5.41) is 0. The van der Waals surface area contributed by atoms with Crippen LogP contribution in [0.3, 0.4) is 0 Å². The number of hydrogen-bond donors (Lipinski definition) is 0. The summed E-state index contributed by atoms with van der Waals surface area (Å²) in [6.45, 7) is 2.71. The SMILES string of the molecule is CCSC(=S)O[C@H]1CC[C@H]2C=C[C@]21OCc1ccccc1. The molecule has 2 nitrogen and oxygen atoms in total. The van der Waals surface area contributed by atoms with E-state index < -0.39 is 0 Å². The summed E-state index contributed by atoms with van der Waals surface area (Å²) in [6, 6.07) is 10.3. The molecule has 0 saturated heterocycles. The first-order chi connectivity index (χ1) is 10.2. The molecule has 0 unspecified atom stereocenters. The molecule has 0 aromatic heterocycles. The highest BCUT2D eigenvalue weighted by Gasteiger charge is 2.55. The molecule has 21 heavy (non-hydrogen) atoms. The minimum Gasteiger partial charge on any atom is -0.472 e. The van der Waals surface area contributed by atoms with Gasteiger partial charge in [0.25, 0.3) is 0 Å². The third kappa shape index (κ3) is 3.03. The summed E-state index contributed by atoms with van der Waals surface area (Å²) in [4.78, 5) is 0. The van der Waals surface area contributed by atoms with E-state index in [2.05, 4.69) is 31.2 Å². The van der Waals surface area contributed by atoms with Crippen LogP contribution in [0.4, 0.5) is 0 Å². The van der Waals surface area contributed by atoms with Crippen LogP contribution in [0, 0.1) is 5.92 Å². The third-order valence-electron chi connectivity index (χ3n) is 4.24. The molecule has 3 rings (SSSR count). The highest BCUT2D eigenvalue weighted by Crippen LogP contribution is 2.49. The Bertz CT molecular complexity index is 529. The normalized spacial score (nSPS) is 29.8. The van der Waals surface area contributed by atoms with Crippen molar-refractivity contribution in [1.82, 2.24) is 0 Å². The van der Waals surface area contributed by atoms with Crippen molar-refractivity contribution in [3.05, 3.63) is 48.0 Å². The average Bonchev–Trinajstić information content (AvgIpc) is 2.69. The summed E-state index contributed by atoms with van der Waals surface area (Å²) in [7, 11) is 0. The van der Waals surface area contributed by atoms with Crippen LogP contribution < -0.4 is 0 Å². The molecule has 2 aliphatic carbocycles. The molecule has 2 aliphatic rings. The number of hydrogen-bond acceptors (Lipinski definition) is 4. The lowest BCUT2D eigenvalue weighted by atomic mass is 9.79. The third-order valence-corrected chi connectivity index (χ3v) is 5.31. The number of ether oxygens (including phenoxy) is 2. The fraction of sp³-hybridized carbons (Fsp3) is 0.471. The predicted octanol–water partition coefficient (Wildman–Crippen LogP) is 4.35. The minimum absolute atomic E-state index is 0.0581. The van der Waals surface area contributed by atoms with E-state index >= 15 is 0 Å². The Labute approximate surface area is 135 Å². The Morgan fingerprint density at radius 2 is 2.14 bits per heavy atom. The van der Waals surface area contributed by atoms with Crippen LogP contribution in [-0.2, 0) is 16.1 Å². The molecule has 0 radical (unpaired) electrons. The highest BCUT2D eigenvalue weighted by molar-refractivity contribution is 8.22. The Hall–Kier alpha value is -0.840. The molecule has 0 spiro atoms. The van der Waals surface area contributed by atoms with E-state index in [9.17, 15) is 0 Å². The van der Waals surface area contributed by atoms with Crippen LogP contribution in [0.15, 0.2) is 42.5 Å². The van der Waals surface area contributed by atoms with Gasteiger partial charge in [-0.15, -0.1) is 0 Å². The molecule has 0 aliphatic heterocycles. The number of fused-ring (bicyclic) bond motifs is 1. The Kier molecular flexibility index (Phi) is 4.67. The van der Waals surface area contributed by atoms with Crippen LogP contribution >= 0.6 is 24.0 Å². The molecular weight excluding hydrogens is 300 g/mol. The van der Waals surface area contributed by atoms with Gasteiger partial charge in [-0.3, -0.25) is 0 Å². The van der Waals surface area contributed by atoms with Crippen molar-refractivity contribution in [3.8, 4) is 0 Å². The van der Waals surface area contributed by atoms with Gasteiger partial charge in [-0.25, -0.2) is 0 Å². The lowest BCUT2D eigenvalue weighted by Gasteiger charge is -2.42. The molecule has 1 saturated carbocycles. The summed E-state index contributed by atoms with van der Waals surface area (Å²) in [5.41, 5.74) is 0.927. The second-order valence-corrected chi connectivity index (χ2v) is 7.33. The molecule has 1 aromatic carbocycles. The van der Waals surface area contributed by atoms with Crippen molar-refractivity contribution in [2.24, 2.45) is 5.92 Å². The Morgan fingerprint density at radius 3 is 2.81 bits per heavy atom. The van der Waals surface area contributed by atoms with Gasteiger partial charge in [0.15, 0.2) is 0 Å². The standard InChI is InChI=1S/C17H20O2S2/c1-2-21-16(20)19-15-9-8-14-10-11-17(14,15)18-12-13-6-4-3-5-7-13/h3-7,10-11,14-15H,2,8-9,12H2,1H3/t14-,15-,17-/m0/s1. The van der Waals surface area contributed by atoms with E-state index in [1.54, 1.807) is 11.8 Å². The van der Waals surface area contributed by atoms with Crippen molar-refractivity contribution in [3.63, 3.8) is 0 Å². The maximum absolute atomic E-state index is 6.29. The topological polar surface area (TPSA) is 18.5 Å². The van der Waals surface area contributed by atoms with E-state index in [-0.39, 0.29) is 11.7 Å². The Balaban J connectivity index is 1.65. The van der Waals surface area contributed by atoms with Gasteiger partial charge in [-0.1, -0.05) is 61.2 Å². The number of benzene rings is 1. The van der Waals surface area contributed by atoms with Gasteiger partial charge in [0.1, 0.15) is 11.7 Å². The van der Waals surface area contributed by atoms with E-state index in [1.807, 2.05) is 18.2 Å². The molecule has 3 atom stereocenters. The summed E-state index contributed by atoms with van der Waals surface area (Å²) >= 11 is 6.88. The van der Waals surface area contributed by atoms with Crippen molar-refractivity contribution in [2.75, 3.05) is 5.75 Å². The van der Waals surface area contributed by atoms with Gasteiger partial charge in [0.2, 0.25) is 4.38 Å². The molecule has 1 fully saturated rings. The summed E-state index contributed by atoms with van der Waals surface area (Å²) < 4.78 is 12.9. The first-order valence-electron chi connectivity index (χ1n) is 7.45. The van der Waals surface area contributed by atoms with E-state index in [0.29, 0.717) is 16.9 Å². The van der Waals surface area contributed by atoms with Gasteiger partial charge in [0.05, 0.1) is 6.61 Å². The minimum atomic E-state index is -0.270. The first kappa shape index (κ1) is 15.1. The van der Waals surface area contributed by atoms with Crippen LogP contribution in [0.1, 0.15) is 25.3 Å². The number of rotatable bonds is 5. The second-order valence-electron chi connectivity index (χ2n) is 5.46. The lowest BCUT2D eigenvalue weighted by Crippen LogP contribution is -2.49. The number of thioether (sulfide) groups is 1. The van der Waals surface area contributed by atoms with Crippen LogP contribution in [0.25, 0.3) is 0 Å². The summed E-state index contributed by atoms with van der Waals surface area (Å²) in [6.07, 6.45) is 6.59. The molecule has 0 bridgehead atoms. The molecule has 1 aromatic rings. The van der Waals surface area contributed by atoms with Gasteiger partial charge in [0, 0.05) is 5.92 Å². The maximum Gasteiger partial charge on any atom is 0.220 e. The fourth-order valence-electron chi connectivity index (χ4n) is 3.10. The van der Waals surface area contributed by atoms with E-state index in [1.165, 1.54) is 5.56 Å². The van der Waals surface area contributed by atoms with Crippen LogP contribution in [0.2, 0.25) is 0 Å². The zero-order valence-electron chi connectivity index (χ0n) is 12.2. The van der Waals surface area contributed by atoms with Crippen molar-refractivity contribution >= 4 is 28.4 Å². The quantitative estimate of drug-likeness (QED) is 0.593. The van der Waals surface area contributed by atoms with Crippen LogP contribution in [0.5, 0.6) is 0 Å². The molecule has 0 N–H and O–H groups in total. The highest BCUT2D eigenvalue weighted by atomic mass is 32.2. The molecule has 0 heterocycles. The molecule has 4 heteroatoms. The lowest BCUT2D eigenvalue weighted by molar-refractivity contribution is -0.103. The van der Waals surface area contributed by atoms with Crippen LogP contribution in [-0.4, -0.2) is 21.8 Å². The van der Waals surface area contributed by atoms with Gasteiger partial charge in [-0.05, 0) is 36.4 Å². The maximum atomic E-state index is 6.29. The van der Waals surface area contributed by atoms with E-state index in [0.717, 1.165) is 18.6 Å². The molecule has 112 valence electrons. The van der Waals surface area contributed by atoms with Gasteiger partial charge < -0.3 is 9.47 Å². The summed E-state index contributed by atoms with van der Waals surface area (Å²) in [5.74, 6) is 1.42. The average molecular weight is 320 g/mol. The largest absolute Gasteiger partial charge is 0.472 e. The first-order valence-corrected chi connectivity index (χ1v) is 8.84. The molecule has 0 amide bonds. The number of thiocarbonyl (C=S) groups is 1. The zero-order valence-corrected chi connectivity index (χ0v) is 13.8. The van der Waals surface area contributed by atoms with E-state index in [4.69, 9.17) is 21.7 Å². The monoisotopic (exact) mass is 320 g/mol. The van der Waals surface area contributed by atoms with Crippen molar-refractivity contribution < 1.29 is 9.47 Å². The van der Waals surface area contributed by atoms with Crippen molar-refractivity contribution in [2.45, 2.75) is 38.1 Å². The van der Waals surface area contributed by atoms with Gasteiger partial charge in [-0.2, -0.15) is 0 Å². The smallest absolute Gasteiger partial charge is 0.220 e. The van der Waals surface area contributed by atoms with Gasteiger partial charge >= 0.3 is 0 Å². The molecular formula is C17H20O2S2. The fourth-order valence-corrected chi connectivity index (χ4v) is 3.99. The predicted molar refractivity (Wildman–Crippen MR) is 91.4 cm³/mol. The Morgan fingerprint density at radius 1 is 1.33 bits per heavy atom. The zero-order chi connectivity index (χ0) is 14.7.